The maximum absolute atomic E-state index is 11.9. The zero-order chi connectivity index (χ0) is 12.4. The molecule has 17 heavy (non-hydrogen) atoms. The van der Waals surface area contributed by atoms with Crippen molar-refractivity contribution in [3.63, 3.8) is 0 Å². The van der Waals surface area contributed by atoms with Crippen LogP contribution in [-0.4, -0.2) is 18.4 Å². The lowest BCUT2D eigenvalue weighted by atomic mass is 10.1. The Labute approximate surface area is 100 Å². The van der Waals surface area contributed by atoms with E-state index in [4.69, 9.17) is 5.73 Å². The normalized spacial score (nSPS) is 19.7. The second-order valence-corrected chi connectivity index (χ2v) is 4.29. The van der Waals surface area contributed by atoms with E-state index in [0.717, 1.165) is 17.7 Å². The van der Waals surface area contributed by atoms with Gasteiger partial charge in [-0.15, -0.1) is 0 Å². The van der Waals surface area contributed by atoms with Gasteiger partial charge in [0.25, 0.3) is 0 Å². The third-order valence-corrected chi connectivity index (χ3v) is 3.19. The zero-order valence-electron chi connectivity index (χ0n) is 9.85. The first-order valence-corrected chi connectivity index (χ1v) is 5.81. The molecule has 0 bridgehead atoms. The van der Waals surface area contributed by atoms with Crippen molar-refractivity contribution < 1.29 is 9.59 Å². The van der Waals surface area contributed by atoms with Crippen LogP contribution in [0.5, 0.6) is 0 Å². The molecule has 1 aliphatic rings. The van der Waals surface area contributed by atoms with Gasteiger partial charge in [0.1, 0.15) is 0 Å². The SMILES string of the molecule is CCc1ccccc1N1CC(C(N)=O)CC1=O. The van der Waals surface area contributed by atoms with Crippen LogP contribution in [0, 0.1) is 5.92 Å². The van der Waals surface area contributed by atoms with Crippen LogP contribution < -0.4 is 10.6 Å². The highest BCUT2D eigenvalue weighted by Crippen LogP contribution is 2.28. The van der Waals surface area contributed by atoms with E-state index in [1.165, 1.54) is 0 Å². The summed E-state index contributed by atoms with van der Waals surface area (Å²) < 4.78 is 0. The third kappa shape index (κ3) is 2.16. The summed E-state index contributed by atoms with van der Waals surface area (Å²) in [5.74, 6) is -0.767. The van der Waals surface area contributed by atoms with Crippen LogP contribution in [0.25, 0.3) is 0 Å². The quantitative estimate of drug-likeness (QED) is 0.847. The molecule has 1 aliphatic heterocycles. The van der Waals surface area contributed by atoms with Crippen LogP contribution in [0.4, 0.5) is 5.69 Å². The molecule has 1 unspecified atom stereocenters. The Morgan fingerprint density at radius 2 is 2.18 bits per heavy atom. The average molecular weight is 232 g/mol. The van der Waals surface area contributed by atoms with Gasteiger partial charge >= 0.3 is 0 Å². The largest absolute Gasteiger partial charge is 0.369 e. The second kappa shape index (κ2) is 4.57. The Morgan fingerprint density at radius 1 is 1.47 bits per heavy atom. The minimum Gasteiger partial charge on any atom is -0.369 e. The molecule has 1 atom stereocenters. The molecule has 4 nitrogen and oxygen atoms in total. The molecule has 0 spiro atoms. The number of rotatable bonds is 3. The number of nitrogens with zero attached hydrogens (tertiary/aromatic N) is 1. The molecule has 0 saturated carbocycles. The highest BCUT2D eigenvalue weighted by molar-refractivity contribution is 6.00. The topological polar surface area (TPSA) is 63.4 Å². The maximum Gasteiger partial charge on any atom is 0.227 e. The molecule has 1 saturated heterocycles. The summed E-state index contributed by atoms with van der Waals surface area (Å²) in [4.78, 5) is 24.7. The van der Waals surface area contributed by atoms with Gasteiger partial charge in [-0.25, -0.2) is 0 Å². The van der Waals surface area contributed by atoms with Gasteiger partial charge in [0.2, 0.25) is 11.8 Å². The molecular formula is C13H16N2O2. The maximum atomic E-state index is 11.9. The lowest BCUT2D eigenvalue weighted by Crippen LogP contribution is -2.29. The predicted octanol–water partition coefficient (Wildman–Crippen LogP) is 1.09. The summed E-state index contributed by atoms with van der Waals surface area (Å²) >= 11 is 0. The fourth-order valence-electron chi connectivity index (χ4n) is 2.20. The van der Waals surface area contributed by atoms with Crippen molar-refractivity contribution in [2.45, 2.75) is 19.8 Å². The first-order chi connectivity index (χ1) is 8.13. The molecule has 90 valence electrons. The van der Waals surface area contributed by atoms with Crippen molar-refractivity contribution in [1.29, 1.82) is 0 Å². The van der Waals surface area contributed by atoms with Gasteiger partial charge in [0, 0.05) is 18.7 Å². The van der Waals surface area contributed by atoms with Gasteiger partial charge in [0.05, 0.1) is 5.92 Å². The number of hydrogen-bond acceptors (Lipinski definition) is 2. The number of para-hydroxylation sites is 1. The smallest absolute Gasteiger partial charge is 0.227 e. The van der Waals surface area contributed by atoms with Crippen molar-refractivity contribution in [1.82, 2.24) is 0 Å². The van der Waals surface area contributed by atoms with E-state index >= 15 is 0 Å². The van der Waals surface area contributed by atoms with E-state index in [-0.39, 0.29) is 18.2 Å². The highest BCUT2D eigenvalue weighted by Gasteiger charge is 2.34. The number of primary amides is 1. The number of anilines is 1. The van der Waals surface area contributed by atoms with Gasteiger partial charge in [-0.05, 0) is 18.1 Å². The number of hydrogen-bond donors (Lipinski definition) is 1. The molecule has 1 heterocycles. The van der Waals surface area contributed by atoms with Gasteiger partial charge < -0.3 is 10.6 Å². The van der Waals surface area contributed by atoms with Crippen molar-refractivity contribution in [2.24, 2.45) is 11.7 Å². The molecule has 0 aliphatic carbocycles. The summed E-state index contributed by atoms with van der Waals surface area (Å²) in [5, 5.41) is 0. The Hall–Kier alpha value is -1.84. The summed E-state index contributed by atoms with van der Waals surface area (Å²) in [6.07, 6.45) is 1.09. The number of aryl methyl sites for hydroxylation is 1. The van der Waals surface area contributed by atoms with Gasteiger partial charge in [0.15, 0.2) is 0 Å². The van der Waals surface area contributed by atoms with Crippen LogP contribution in [0.1, 0.15) is 18.9 Å². The molecule has 0 aromatic heterocycles. The molecule has 2 N–H and O–H groups in total. The number of benzene rings is 1. The second-order valence-electron chi connectivity index (χ2n) is 4.29. The first kappa shape index (κ1) is 11.6. The summed E-state index contributed by atoms with van der Waals surface area (Å²) in [6, 6.07) is 7.77. The molecular weight excluding hydrogens is 216 g/mol. The van der Waals surface area contributed by atoms with Crippen LogP contribution in [-0.2, 0) is 16.0 Å². The van der Waals surface area contributed by atoms with Crippen LogP contribution in [0.3, 0.4) is 0 Å². The molecule has 1 aromatic rings. The van der Waals surface area contributed by atoms with Gasteiger partial charge in [-0.2, -0.15) is 0 Å². The van der Waals surface area contributed by atoms with E-state index in [0.29, 0.717) is 6.54 Å². The minimum absolute atomic E-state index is 0.0188. The molecule has 1 fully saturated rings. The molecule has 2 rings (SSSR count). The zero-order valence-corrected chi connectivity index (χ0v) is 9.85. The third-order valence-electron chi connectivity index (χ3n) is 3.19. The van der Waals surface area contributed by atoms with Gasteiger partial charge in [-0.3, -0.25) is 9.59 Å². The van der Waals surface area contributed by atoms with Crippen molar-refractivity contribution in [2.75, 3.05) is 11.4 Å². The number of carbonyl (C=O) groups excluding carboxylic acids is 2. The van der Waals surface area contributed by atoms with Crippen LogP contribution in [0.2, 0.25) is 0 Å². The lowest BCUT2D eigenvalue weighted by Gasteiger charge is -2.19. The van der Waals surface area contributed by atoms with Crippen LogP contribution in [0.15, 0.2) is 24.3 Å². The monoisotopic (exact) mass is 232 g/mol. The van der Waals surface area contributed by atoms with E-state index in [1.54, 1.807) is 4.90 Å². The Morgan fingerprint density at radius 3 is 2.76 bits per heavy atom. The number of amides is 2. The standard InChI is InChI=1S/C13H16N2O2/c1-2-9-5-3-4-6-11(9)15-8-10(13(14)17)7-12(15)16/h3-6,10H,2,7-8H2,1H3,(H2,14,17). The first-order valence-electron chi connectivity index (χ1n) is 5.81. The molecule has 1 aromatic carbocycles. The van der Waals surface area contributed by atoms with E-state index in [2.05, 4.69) is 0 Å². The summed E-state index contributed by atoms with van der Waals surface area (Å²) in [7, 11) is 0. The van der Waals surface area contributed by atoms with E-state index < -0.39 is 5.91 Å². The Balaban J connectivity index is 2.29. The molecule has 0 radical (unpaired) electrons. The van der Waals surface area contributed by atoms with Crippen molar-refractivity contribution >= 4 is 17.5 Å². The number of nitrogens with two attached hydrogens (primary N) is 1. The summed E-state index contributed by atoms with van der Waals surface area (Å²) in [5.41, 5.74) is 7.28. The summed E-state index contributed by atoms with van der Waals surface area (Å²) in [6.45, 7) is 2.45. The minimum atomic E-state index is -0.394. The Kier molecular flexibility index (Phi) is 3.13. The van der Waals surface area contributed by atoms with Crippen molar-refractivity contribution in [3.8, 4) is 0 Å². The predicted molar refractivity (Wildman–Crippen MR) is 65.5 cm³/mol. The average Bonchev–Trinajstić information content (AvgIpc) is 2.71. The lowest BCUT2D eigenvalue weighted by molar-refractivity contribution is -0.123. The molecule has 4 heteroatoms. The highest BCUT2D eigenvalue weighted by atomic mass is 16.2. The fourth-order valence-corrected chi connectivity index (χ4v) is 2.20. The van der Waals surface area contributed by atoms with Crippen molar-refractivity contribution in [3.05, 3.63) is 29.8 Å². The number of carbonyl (C=O) groups is 2. The van der Waals surface area contributed by atoms with Crippen LogP contribution >= 0.6 is 0 Å². The van der Waals surface area contributed by atoms with E-state index in [1.807, 2.05) is 31.2 Å². The fraction of sp³-hybridized carbons (Fsp3) is 0.385. The van der Waals surface area contributed by atoms with Gasteiger partial charge in [-0.1, -0.05) is 25.1 Å². The molecule has 2 amide bonds. The Bertz CT molecular complexity index is 456. The van der Waals surface area contributed by atoms with E-state index in [9.17, 15) is 9.59 Å².